The molecule has 0 saturated heterocycles. The Bertz CT molecular complexity index is 1030. The summed E-state index contributed by atoms with van der Waals surface area (Å²) in [5, 5.41) is 4.53. The Morgan fingerprint density at radius 1 is 1.04 bits per heavy atom. The Kier molecular flexibility index (Phi) is 3.58. The van der Waals surface area contributed by atoms with Gasteiger partial charge in [-0.15, -0.1) is 0 Å². The zero-order valence-corrected chi connectivity index (χ0v) is 14.2. The molecule has 3 heterocycles. The molecule has 0 spiro atoms. The summed E-state index contributed by atoms with van der Waals surface area (Å²) in [4.78, 5) is 11.8. The van der Waals surface area contributed by atoms with E-state index < -0.39 is 0 Å². The van der Waals surface area contributed by atoms with Crippen molar-refractivity contribution in [2.24, 2.45) is 0 Å². The van der Waals surface area contributed by atoms with Crippen molar-refractivity contribution in [3.05, 3.63) is 48.0 Å². The zero-order valence-electron chi connectivity index (χ0n) is 14.2. The van der Waals surface area contributed by atoms with Gasteiger partial charge in [0, 0.05) is 18.5 Å². The first-order chi connectivity index (χ1) is 11.6. The molecule has 4 rings (SSSR count). The molecule has 4 aromatic rings. The van der Waals surface area contributed by atoms with Gasteiger partial charge in [-0.05, 0) is 56.9 Å². The number of hydrogen-bond donors (Lipinski definition) is 1. The molecular formula is C19H21N5. The number of aromatic nitrogens is 3. The molecule has 0 aliphatic heterocycles. The average molecular weight is 319 g/mol. The average Bonchev–Trinajstić information content (AvgIpc) is 2.96. The molecular weight excluding hydrogens is 298 g/mol. The Morgan fingerprint density at radius 3 is 2.71 bits per heavy atom. The fourth-order valence-electron chi connectivity index (χ4n) is 3.06. The van der Waals surface area contributed by atoms with Crippen LogP contribution in [0.3, 0.4) is 0 Å². The highest BCUT2D eigenvalue weighted by atomic mass is 15.1. The second-order valence-corrected chi connectivity index (χ2v) is 6.43. The maximum Gasteiger partial charge on any atom is 0.148 e. The molecule has 1 N–H and O–H groups in total. The van der Waals surface area contributed by atoms with Crippen LogP contribution in [-0.4, -0.2) is 46.5 Å². The fraction of sp³-hybridized carbons (Fsp3) is 0.263. The maximum atomic E-state index is 4.86. The maximum absolute atomic E-state index is 4.86. The molecule has 3 aromatic heterocycles. The number of aryl methyl sites for hydroxylation is 1. The van der Waals surface area contributed by atoms with Gasteiger partial charge in [-0.25, -0.2) is 9.97 Å². The number of para-hydroxylation sites is 2. The third-order valence-corrected chi connectivity index (χ3v) is 4.27. The summed E-state index contributed by atoms with van der Waals surface area (Å²) in [6.07, 6.45) is 0. The van der Waals surface area contributed by atoms with Gasteiger partial charge < -0.3 is 10.2 Å². The number of anilines is 1. The van der Waals surface area contributed by atoms with Crippen molar-refractivity contribution in [3.8, 4) is 0 Å². The van der Waals surface area contributed by atoms with E-state index in [0.29, 0.717) is 0 Å². The third-order valence-electron chi connectivity index (χ3n) is 4.27. The summed E-state index contributed by atoms with van der Waals surface area (Å²) >= 11 is 0. The number of nitrogens with zero attached hydrogens (tertiary/aromatic N) is 4. The molecule has 0 saturated carbocycles. The molecule has 0 radical (unpaired) electrons. The van der Waals surface area contributed by atoms with E-state index in [4.69, 9.17) is 9.97 Å². The first-order valence-electron chi connectivity index (χ1n) is 8.19. The standard InChI is InChI=1S/C19H21N5/c1-13-12-14-8-9-17(20-10-11-23(2)3)22-19(14)24-16-7-5-4-6-15(16)21-18(13)24/h4-9,12H,10-11H2,1-3H3,(H,20,22). The predicted octanol–water partition coefficient (Wildman–Crippen LogP) is 3.32. The molecule has 0 fully saturated rings. The van der Waals surface area contributed by atoms with Crippen LogP contribution in [0.15, 0.2) is 42.5 Å². The number of fused-ring (bicyclic) bond motifs is 5. The van der Waals surface area contributed by atoms with Crippen molar-refractivity contribution in [3.63, 3.8) is 0 Å². The van der Waals surface area contributed by atoms with Crippen molar-refractivity contribution < 1.29 is 0 Å². The SMILES string of the molecule is Cc1cc2ccc(NCCN(C)C)nc2n2c1nc1ccccc12. The molecule has 1 aromatic carbocycles. The highest BCUT2D eigenvalue weighted by molar-refractivity contribution is 5.90. The molecule has 0 bridgehead atoms. The van der Waals surface area contributed by atoms with Crippen LogP contribution in [0.2, 0.25) is 0 Å². The van der Waals surface area contributed by atoms with Gasteiger partial charge >= 0.3 is 0 Å². The summed E-state index contributed by atoms with van der Waals surface area (Å²) < 4.78 is 2.16. The number of pyridine rings is 2. The van der Waals surface area contributed by atoms with Crippen LogP contribution < -0.4 is 5.32 Å². The van der Waals surface area contributed by atoms with E-state index in [0.717, 1.165) is 52.2 Å². The van der Waals surface area contributed by atoms with Gasteiger partial charge in [0.15, 0.2) is 0 Å². The van der Waals surface area contributed by atoms with Crippen LogP contribution in [0.5, 0.6) is 0 Å². The fourth-order valence-corrected chi connectivity index (χ4v) is 3.06. The minimum absolute atomic E-state index is 0.866. The Morgan fingerprint density at radius 2 is 1.88 bits per heavy atom. The van der Waals surface area contributed by atoms with Crippen LogP contribution >= 0.6 is 0 Å². The topological polar surface area (TPSA) is 45.5 Å². The van der Waals surface area contributed by atoms with Crippen molar-refractivity contribution in [2.45, 2.75) is 6.92 Å². The molecule has 5 nitrogen and oxygen atoms in total. The van der Waals surface area contributed by atoms with E-state index in [-0.39, 0.29) is 0 Å². The molecule has 0 aliphatic rings. The molecule has 0 aliphatic carbocycles. The second kappa shape index (κ2) is 5.76. The van der Waals surface area contributed by atoms with E-state index in [1.165, 1.54) is 0 Å². The minimum atomic E-state index is 0.866. The molecule has 24 heavy (non-hydrogen) atoms. The van der Waals surface area contributed by atoms with Crippen LogP contribution in [0.4, 0.5) is 5.82 Å². The number of rotatable bonds is 4. The molecule has 0 amide bonds. The number of likely N-dealkylation sites (N-methyl/N-ethyl adjacent to an activating group) is 1. The zero-order chi connectivity index (χ0) is 16.7. The van der Waals surface area contributed by atoms with E-state index in [1.807, 2.05) is 24.3 Å². The summed E-state index contributed by atoms with van der Waals surface area (Å²) in [5.41, 5.74) is 5.18. The normalized spacial score (nSPS) is 11.8. The van der Waals surface area contributed by atoms with Crippen molar-refractivity contribution >= 4 is 33.5 Å². The lowest BCUT2D eigenvalue weighted by atomic mass is 10.2. The smallest absolute Gasteiger partial charge is 0.148 e. The largest absolute Gasteiger partial charge is 0.369 e. The lowest BCUT2D eigenvalue weighted by molar-refractivity contribution is 0.425. The van der Waals surface area contributed by atoms with Gasteiger partial charge in [-0.2, -0.15) is 0 Å². The molecule has 122 valence electrons. The second-order valence-electron chi connectivity index (χ2n) is 6.43. The van der Waals surface area contributed by atoms with Crippen LogP contribution in [0.1, 0.15) is 5.56 Å². The van der Waals surface area contributed by atoms with E-state index in [9.17, 15) is 0 Å². The van der Waals surface area contributed by atoms with E-state index >= 15 is 0 Å². The first-order valence-corrected chi connectivity index (χ1v) is 8.19. The van der Waals surface area contributed by atoms with Crippen molar-refractivity contribution in [1.29, 1.82) is 0 Å². The van der Waals surface area contributed by atoms with Crippen LogP contribution in [-0.2, 0) is 0 Å². The first kappa shape index (κ1) is 14.9. The summed E-state index contributed by atoms with van der Waals surface area (Å²) in [6, 6.07) is 14.5. The minimum Gasteiger partial charge on any atom is -0.369 e. The highest BCUT2D eigenvalue weighted by Gasteiger charge is 2.11. The Balaban J connectivity index is 1.90. The van der Waals surface area contributed by atoms with Crippen LogP contribution in [0, 0.1) is 6.92 Å². The summed E-state index contributed by atoms with van der Waals surface area (Å²) in [6.45, 7) is 3.94. The number of benzene rings is 1. The van der Waals surface area contributed by atoms with Gasteiger partial charge in [-0.1, -0.05) is 12.1 Å². The van der Waals surface area contributed by atoms with Crippen molar-refractivity contribution in [1.82, 2.24) is 19.3 Å². The van der Waals surface area contributed by atoms with Crippen LogP contribution in [0.25, 0.3) is 27.7 Å². The third kappa shape index (κ3) is 2.47. The Labute approximate surface area is 140 Å². The predicted molar refractivity (Wildman–Crippen MR) is 99.8 cm³/mol. The number of nitrogens with one attached hydrogen (secondary N) is 1. The van der Waals surface area contributed by atoms with Gasteiger partial charge in [0.1, 0.15) is 17.1 Å². The van der Waals surface area contributed by atoms with Gasteiger partial charge in [-0.3, -0.25) is 4.40 Å². The highest BCUT2D eigenvalue weighted by Crippen LogP contribution is 2.25. The molecule has 0 atom stereocenters. The molecule has 0 unspecified atom stereocenters. The monoisotopic (exact) mass is 319 g/mol. The molecule has 5 heteroatoms. The lowest BCUT2D eigenvalue weighted by Crippen LogP contribution is -2.21. The van der Waals surface area contributed by atoms with E-state index in [1.54, 1.807) is 0 Å². The number of hydrogen-bond acceptors (Lipinski definition) is 4. The van der Waals surface area contributed by atoms with Gasteiger partial charge in [0.25, 0.3) is 0 Å². The van der Waals surface area contributed by atoms with E-state index in [2.05, 4.69) is 53.8 Å². The quantitative estimate of drug-likeness (QED) is 0.627. The van der Waals surface area contributed by atoms with Gasteiger partial charge in [0.05, 0.1) is 11.0 Å². The number of imidazole rings is 1. The Hall–Kier alpha value is -2.66. The summed E-state index contributed by atoms with van der Waals surface area (Å²) in [7, 11) is 4.14. The van der Waals surface area contributed by atoms with Gasteiger partial charge in [0.2, 0.25) is 0 Å². The van der Waals surface area contributed by atoms with Crippen molar-refractivity contribution in [2.75, 3.05) is 32.5 Å². The summed E-state index contributed by atoms with van der Waals surface area (Å²) in [5.74, 6) is 0.896. The lowest BCUT2D eigenvalue weighted by Gasteiger charge is -2.12.